The number of ether oxygens (including phenoxy) is 1. The van der Waals surface area contributed by atoms with Gasteiger partial charge in [0.2, 0.25) is 17.6 Å². The van der Waals surface area contributed by atoms with Crippen molar-refractivity contribution in [2.24, 2.45) is 0 Å². The van der Waals surface area contributed by atoms with E-state index in [9.17, 15) is 18.4 Å². The van der Waals surface area contributed by atoms with Crippen LogP contribution in [0, 0.1) is 11.6 Å². The molecular formula is C27H32F2N6O3. The largest absolute Gasteiger partial charge is 0.382 e. The molecule has 1 fully saturated rings. The van der Waals surface area contributed by atoms with Gasteiger partial charge in [-0.1, -0.05) is 25.0 Å². The molecule has 0 aliphatic heterocycles. The summed E-state index contributed by atoms with van der Waals surface area (Å²) in [5.74, 6) is -1.29. The number of tetrazole rings is 1. The molecule has 9 nitrogen and oxygen atoms in total. The number of benzene rings is 2. The first kappa shape index (κ1) is 27.3. The highest BCUT2D eigenvalue weighted by Gasteiger charge is 2.33. The number of carbonyl (C=O) groups is 2. The molecule has 1 aliphatic carbocycles. The summed E-state index contributed by atoms with van der Waals surface area (Å²) in [6.07, 6.45) is 4.35. The van der Waals surface area contributed by atoms with E-state index >= 15 is 0 Å². The Bertz CT molecular complexity index is 1200. The lowest BCUT2D eigenvalue weighted by Crippen LogP contribution is -2.47. The van der Waals surface area contributed by atoms with Gasteiger partial charge in [-0.15, -0.1) is 10.2 Å². The molecule has 0 unspecified atom stereocenters. The predicted octanol–water partition coefficient (Wildman–Crippen LogP) is 3.67. The molecule has 11 heteroatoms. The van der Waals surface area contributed by atoms with Gasteiger partial charge in [-0.2, -0.15) is 4.80 Å². The SMILES string of the molecule is CCOCCCN(C(=O)Cn1nnc(-c2ccc(F)cc2)n1)[C@@H](C(=O)NC1CCCC1)c1ccc(F)cc1. The molecule has 1 heterocycles. The third-order valence-corrected chi connectivity index (χ3v) is 6.49. The maximum absolute atomic E-state index is 13.7. The quantitative estimate of drug-likeness (QED) is 0.362. The van der Waals surface area contributed by atoms with E-state index in [1.807, 2.05) is 6.92 Å². The number of aromatic nitrogens is 4. The number of hydrogen-bond acceptors (Lipinski definition) is 6. The van der Waals surface area contributed by atoms with Gasteiger partial charge in [0.1, 0.15) is 24.2 Å². The summed E-state index contributed by atoms with van der Waals surface area (Å²) in [4.78, 5) is 29.8. The van der Waals surface area contributed by atoms with Crippen LogP contribution in [0.15, 0.2) is 48.5 Å². The Balaban J connectivity index is 1.58. The number of halogens is 2. The summed E-state index contributed by atoms with van der Waals surface area (Å²) in [5, 5.41) is 15.3. The zero-order valence-corrected chi connectivity index (χ0v) is 21.4. The molecule has 2 amide bonds. The van der Waals surface area contributed by atoms with Crippen LogP contribution in [0.1, 0.15) is 50.6 Å². The Hall–Kier alpha value is -3.73. The zero-order valence-electron chi connectivity index (χ0n) is 21.4. The Morgan fingerprint density at radius 3 is 2.39 bits per heavy atom. The number of carbonyl (C=O) groups excluding carboxylic acids is 2. The van der Waals surface area contributed by atoms with Gasteiger partial charge in [-0.25, -0.2) is 8.78 Å². The molecule has 4 rings (SSSR count). The lowest BCUT2D eigenvalue weighted by molar-refractivity contribution is -0.142. The van der Waals surface area contributed by atoms with Gasteiger partial charge in [0.15, 0.2) is 0 Å². The topological polar surface area (TPSA) is 102 Å². The van der Waals surface area contributed by atoms with Crippen LogP contribution in [0.2, 0.25) is 0 Å². The Kier molecular flexibility index (Phi) is 9.47. The molecule has 1 aliphatic rings. The zero-order chi connectivity index (χ0) is 26.9. The van der Waals surface area contributed by atoms with Crippen LogP contribution in [0.5, 0.6) is 0 Å². The van der Waals surface area contributed by atoms with E-state index in [0.717, 1.165) is 30.5 Å². The van der Waals surface area contributed by atoms with Gasteiger partial charge in [-0.3, -0.25) is 9.59 Å². The molecule has 1 aromatic heterocycles. The molecule has 3 aromatic rings. The summed E-state index contributed by atoms with van der Waals surface area (Å²) in [6.45, 7) is 2.80. The van der Waals surface area contributed by atoms with E-state index in [-0.39, 0.29) is 36.7 Å². The number of hydrogen-bond donors (Lipinski definition) is 1. The summed E-state index contributed by atoms with van der Waals surface area (Å²) >= 11 is 0. The highest BCUT2D eigenvalue weighted by Crippen LogP contribution is 2.25. The van der Waals surface area contributed by atoms with Gasteiger partial charge in [0.25, 0.3) is 0 Å². The van der Waals surface area contributed by atoms with Crippen LogP contribution in [-0.4, -0.2) is 62.7 Å². The molecule has 38 heavy (non-hydrogen) atoms. The minimum absolute atomic E-state index is 0.0427. The van der Waals surface area contributed by atoms with Crippen molar-refractivity contribution in [1.82, 2.24) is 30.4 Å². The first-order chi connectivity index (χ1) is 18.4. The highest BCUT2D eigenvalue weighted by molar-refractivity contribution is 5.89. The minimum atomic E-state index is -0.967. The molecule has 1 atom stereocenters. The second-order valence-corrected chi connectivity index (χ2v) is 9.23. The summed E-state index contributed by atoms with van der Waals surface area (Å²) in [7, 11) is 0. The number of rotatable bonds is 12. The van der Waals surface area contributed by atoms with Crippen LogP contribution < -0.4 is 5.32 Å². The van der Waals surface area contributed by atoms with Crippen molar-refractivity contribution in [3.8, 4) is 11.4 Å². The smallest absolute Gasteiger partial charge is 0.247 e. The van der Waals surface area contributed by atoms with E-state index in [0.29, 0.717) is 30.8 Å². The maximum atomic E-state index is 13.7. The first-order valence-corrected chi connectivity index (χ1v) is 12.9. The number of nitrogens with one attached hydrogen (secondary N) is 1. The fraction of sp³-hybridized carbons (Fsp3) is 0.444. The summed E-state index contributed by atoms with van der Waals surface area (Å²) in [5.41, 5.74) is 1.06. The lowest BCUT2D eigenvalue weighted by Gasteiger charge is -2.32. The van der Waals surface area contributed by atoms with Crippen LogP contribution >= 0.6 is 0 Å². The van der Waals surface area contributed by atoms with E-state index in [1.165, 1.54) is 53.4 Å². The number of nitrogens with zero attached hydrogens (tertiary/aromatic N) is 5. The number of amides is 2. The lowest BCUT2D eigenvalue weighted by atomic mass is 10.0. The van der Waals surface area contributed by atoms with E-state index in [1.54, 1.807) is 0 Å². The third kappa shape index (κ3) is 7.18. The highest BCUT2D eigenvalue weighted by atomic mass is 19.1. The van der Waals surface area contributed by atoms with Crippen LogP contribution in [0.4, 0.5) is 8.78 Å². The Labute approximate surface area is 220 Å². The standard InChI is InChI=1S/C27H32F2N6O3/c1-2-38-17-5-16-34(24(36)18-35-32-26(31-33-35)20-10-14-22(29)15-11-20)25(19-8-12-21(28)13-9-19)27(37)30-23-6-3-4-7-23/h8-15,23,25H,2-7,16-18H2,1H3,(H,30,37)/t25-/m1/s1. The van der Waals surface area contributed by atoms with Gasteiger partial charge < -0.3 is 15.0 Å². The average Bonchev–Trinajstić information content (AvgIpc) is 3.59. The molecule has 0 spiro atoms. The molecule has 2 aromatic carbocycles. The van der Waals surface area contributed by atoms with Crippen molar-refractivity contribution in [2.45, 2.75) is 57.7 Å². The Morgan fingerprint density at radius 1 is 1.08 bits per heavy atom. The van der Waals surface area contributed by atoms with Gasteiger partial charge >= 0.3 is 0 Å². The van der Waals surface area contributed by atoms with Crippen LogP contribution in [0.25, 0.3) is 11.4 Å². The summed E-state index contributed by atoms with van der Waals surface area (Å²) in [6, 6.07) is 10.3. The Morgan fingerprint density at radius 2 is 1.74 bits per heavy atom. The molecule has 1 N–H and O–H groups in total. The predicted molar refractivity (Wildman–Crippen MR) is 136 cm³/mol. The van der Waals surface area contributed by atoms with E-state index in [2.05, 4.69) is 20.7 Å². The van der Waals surface area contributed by atoms with Crippen molar-refractivity contribution in [3.63, 3.8) is 0 Å². The normalized spacial score (nSPS) is 14.4. The minimum Gasteiger partial charge on any atom is -0.382 e. The van der Waals surface area contributed by atoms with Crippen molar-refractivity contribution in [3.05, 3.63) is 65.7 Å². The van der Waals surface area contributed by atoms with Crippen LogP contribution in [-0.2, 0) is 20.9 Å². The van der Waals surface area contributed by atoms with E-state index < -0.39 is 17.8 Å². The molecule has 202 valence electrons. The second-order valence-electron chi connectivity index (χ2n) is 9.23. The molecule has 1 saturated carbocycles. The summed E-state index contributed by atoms with van der Waals surface area (Å²) < 4.78 is 32.5. The molecule has 0 saturated heterocycles. The first-order valence-electron chi connectivity index (χ1n) is 12.9. The average molecular weight is 527 g/mol. The fourth-order valence-electron chi connectivity index (χ4n) is 4.58. The monoisotopic (exact) mass is 526 g/mol. The van der Waals surface area contributed by atoms with Crippen molar-refractivity contribution in [1.29, 1.82) is 0 Å². The van der Waals surface area contributed by atoms with Crippen LogP contribution in [0.3, 0.4) is 0 Å². The third-order valence-electron chi connectivity index (χ3n) is 6.49. The molecule has 0 radical (unpaired) electrons. The second kappa shape index (κ2) is 13.2. The fourth-order valence-corrected chi connectivity index (χ4v) is 4.58. The molecule has 0 bridgehead atoms. The molecular weight excluding hydrogens is 494 g/mol. The van der Waals surface area contributed by atoms with Gasteiger partial charge in [0.05, 0.1) is 0 Å². The van der Waals surface area contributed by atoms with E-state index in [4.69, 9.17) is 4.74 Å². The van der Waals surface area contributed by atoms with Gasteiger partial charge in [-0.05, 0) is 73.4 Å². The van der Waals surface area contributed by atoms with Crippen molar-refractivity contribution >= 4 is 11.8 Å². The van der Waals surface area contributed by atoms with Crippen molar-refractivity contribution < 1.29 is 23.1 Å². The maximum Gasteiger partial charge on any atom is 0.247 e. The van der Waals surface area contributed by atoms with Gasteiger partial charge in [0, 0.05) is 31.4 Å². The van der Waals surface area contributed by atoms with Crippen molar-refractivity contribution in [2.75, 3.05) is 19.8 Å².